The molecule has 1 aromatic heterocycles. The molecule has 0 radical (unpaired) electrons. The molecular weight excluding hydrogens is 286 g/mol. The third-order valence-corrected chi connectivity index (χ3v) is 4.77. The van der Waals surface area contributed by atoms with Gasteiger partial charge in [0.05, 0.1) is 12.8 Å². The molecule has 3 N–H and O–H groups in total. The molecule has 0 saturated heterocycles. The van der Waals surface area contributed by atoms with Crippen LogP contribution in [0.4, 0.5) is 5.95 Å². The number of imidazole rings is 1. The zero-order chi connectivity index (χ0) is 15.4. The Hall–Kier alpha value is -1.68. The molecule has 21 heavy (non-hydrogen) atoms. The fourth-order valence-corrected chi connectivity index (χ4v) is 3.69. The lowest BCUT2D eigenvalue weighted by molar-refractivity contribution is 0.414. The van der Waals surface area contributed by atoms with E-state index in [1.54, 1.807) is 7.11 Å². The number of nitrogens with two attached hydrogens (primary N) is 1. The van der Waals surface area contributed by atoms with Crippen LogP contribution in [0.1, 0.15) is 42.6 Å². The van der Waals surface area contributed by atoms with Crippen molar-refractivity contribution < 1.29 is 4.74 Å². The maximum atomic E-state index is 6.20. The molecule has 0 aliphatic heterocycles. The minimum absolute atomic E-state index is 0.127. The van der Waals surface area contributed by atoms with E-state index < -0.39 is 0 Å². The van der Waals surface area contributed by atoms with Gasteiger partial charge in [-0.2, -0.15) is 0 Å². The zero-order valence-electron chi connectivity index (χ0n) is 12.7. The van der Waals surface area contributed by atoms with Crippen molar-refractivity contribution in [1.82, 2.24) is 9.97 Å². The minimum atomic E-state index is 0.127. The number of hydrogen-bond donors (Lipinski definition) is 2. The fraction of sp³-hybridized carbons (Fsp3) is 0.438. The Balaban J connectivity index is 2.00. The van der Waals surface area contributed by atoms with Gasteiger partial charge in [0.25, 0.3) is 0 Å². The molecule has 3 rings (SSSR count). The van der Waals surface area contributed by atoms with E-state index in [2.05, 4.69) is 29.9 Å². The third kappa shape index (κ3) is 2.27. The van der Waals surface area contributed by atoms with Gasteiger partial charge in [-0.25, -0.2) is 4.98 Å². The summed E-state index contributed by atoms with van der Waals surface area (Å²) >= 11 is 6.20. The van der Waals surface area contributed by atoms with Crippen LogP contribution < -0.4 is 10.5 Å². The highest BCUT2D eigenvalue weighted by Crippen LogP contribution is 2.70. The van der Waals surface area contributed by atoms with Crippen LogP contribution in [0.3, 0.4) is 0 Å². The molecule has 2 aromatic rings. The molecule has 1 heterocycles. The lowest BCUT2D eigenvalue weighted by Crippen LogP contribution is -1.93. The molecule has 1 fully saturated rings. The van der Waals surface area contributed by atoms with Crippen LogP contribution in [-0.2, 0) is 0 Å². The van der Waals surface area contributed by atoms with Gasteiger partial charge in [-0.15, -0.1) is 0 Å². The van der Waals surface area contributed by atoms with Gasteiger partial charge in [0.1, 0.15) is 5.75 Å². The van der Waals surface area contributed by atoms with Crippen molar-refractivity contribution in [2.24, 2.45) is 5.41 Å². The van der Waals surface area contributed by atoms with Crippen molar-refractivity contribution in [3.63, 3.8) is 0 Å². The monoisotopic (exact) mass is 305 g/mol. The molecular formula is C16H20ClN3O. The van der Waals surface area contributed by atoms with Crippen molar-refractivity contribution in [3.05, 3.63) is 40.2 Å². The first-order valence-electron chi connectivity index (χ1n) is 7.01. The number of ether oxygens (including phenoxy) is 1. The summed E-state index contributed by atoms with van der Waals surface area (Å²) in [7, 11) is 1.66. The fourth-order valence-electron chi connectivity index (χ4n) is 3.45. The van der Waals surface area contributed by atoms with Gasteiger partial charge < -0.3 is 15.5 Å². The summed E-state index contributed by atoms with van der Waals surface area (Å²) in [6.45, 7) is 6.52. The Labute approximate surface area is 129 Å². The number of aromatic nitrogens is 2. The van der Waals surface area contributed by atoms with Gasteiger partial charge in [-0.3, -0.25) is 0 Å². The number of nitrogen functional groups attached to an aromatic ring is 1. The molecule has 1 saturated carbocycles. The van der Waals surface area contributed by atoms with E-state index in [-0.39, 0.29) is 5.41 Å². The summed E-state index contributed by atoms with van der Waals surface area (Å²) in [6, 6.07) is 5.90. The highest BCUT2D eigenvalue weighted by molar-refractivity contribution is 6.30. The predicted molar refractivity (Wildman–Crippen MR) is 85.0 cm³/mol. The summed E-state index contributed by atoms with van der Waals surface area (Å²) in [4.78, 5) is 7.56. The molecule has 0 amide bonds. The number of halogens is 1. The maximum Gasteiger partial charge on any atom is 0.197 e. The van der Waals surface area contributed by atoms with Crippen LogP contribution in [-0.4, -0.2) is 17.1 Å². The smallest absolute Gasteiger partial charge is 0.197 e. The number of methoxy groups -OCH3 is 1. The van der Waals surface area contributed by atoms with E-state index >= 15 is 0 Å². The number of aromatic amines is 1. The SMILES string of the molecule is COc1cc(Cl)cc(C2C(c3nc(N)[nH]c3C)C2(C)C)c1. The Morgan fingerprint density at radius 2 is 2.00 bits per heavy atom. The Morgan fingerprint density at radius 1 is 1.29 bits per heavy atom. The Bertz CT molecular complexity index is 693. The van der Waals surface area contributed by atoms with Gasteiger partial charge in [-0.1, -0.05) is 25.4 Å². The maximum absolute atomic E-state index is 6.20. The number of nitrogens with one attached hydrogen (secondary N) is 1. The van der Waals surface area contributed by atoms with E-state index in [0.717, 1.165) is 17.1 Å². The first-order chi connectivity index (χ1) is 9.84. The lowest BCUT2D eigenvalue weighted by atomic mass is 10.0. The van der Waals surface area contributed by atoms with Gasteiger partial charge in [-0.05, 0) is 42.0 Å². The summed E-state index contributed by atoms with van der Waals surface area (Å²) < 4.78 is 5.32. The average Bonchev–Trinajstić information content (AvgIpc) is 2.81. The molecule has 5 heteroatoms. The summed E-state index contributed by atoms with van der Waals surface area (Å²) in [5, 5.41) is 0.698. The minimum Gasteiger partial charge on any atom is -0.497 e. The first kappa shape index (κ1) is 14.3. The second kappa shape index (κ2) is 4.67. The second-order valence-corrected chi connectivity index (χ2v) is 6.77. The second-order valence-electron chi connectivity index (χ2n) is 6.33. The van der Waals surface area contributed by atoms with Crippen LogP contribution in [0.15, 0.2) is 18.2 Å². The van der Waals surface area contributed by atoms with E-state index in [0.29, 0.717) is 22.8 Å². The Kier molecular flexibility index (Phi) is 3.17. The van der Waals surface area contributed by atoms with E-state index in [4.69, 9.17) is 22.1 Å². The van der Waals surface area contributed by atoms with Crippen LogP contribution in [0.25, 0.3) is 0 Å². The lowest BCUT2D eigenvalue weighted by Gasteiger charge is -2.07. The number of benzene rings is 1. The molecule has 112 valence electrons. The van der Waals surface area contributed by atoms with E-state index in [9.17, 15) is 0 Å². The number of hydrogen-bond acceptors (Lipinski definition) is 3. The molecule has 4 nitrogen and oxygen atoms in total. The number of H-pyrrole nitrogens is 1. The molecule has 1 aliphatic carbocycles. The van der Waals surface area contributed by atoms with Gasteiger partial charge in [0.15, 0.2) is 5.95 Å². The van der Waals surface area contributed by atoms with E-state index in [1.165, 1.54) is 5.56 Å². The summed E-state index contributed by atoms with van der Waals surface area (Å²) in [5.74, 6) is 1.98. The van der Waals surface area contributed by atoms with Gasteiger partial charge >= 0.3 is 0 Å². The van der Waals surface area contributed by atoms with Crippen molar-refractivity contribution in [2.45, 2.75) is 32.6 Å². The van der Waals surface area contributed by atoms with Crippen molar-refractivity contribution in [1.29, 1.82) is 0 Å². The predicted octanol–water partition coefficient (Wildman–Crippen LogP) is 3.87. The Morgan fingerprint density at radius 3 is 2.57 bits per heavy atom. The first-order valence-corrected chi connectivity index (χ1v) is 7.39. The molecule has 0 bridgehead atoms. The molecule has 0 spiro atoms. The molecule has 2 unspecified atom stereocenters. The largest absolute Gasteiger partial charge is 0.497 e. The van der Waals surface area contributed by atoms with Crippen molar-refractivity contribution >= 4 is 17.5 Å². The number of aryl methyl sites for hydroxylation is 1. The number of nitrogens with zero attached hydrogens (tertiary/aromatic N) is 1. The quantitative estimate of drug-likeness (QED) is 0.904. The van der Waals surface area contributed by atoms with Crippen LogP contribution >= 0.6 is 11.6 Å². The van der Waals surface area contributed by atoms with Crippen LogP contribution in [0.5, 0.6) is 5.75 Å². The van der Waals surface area contributed by atoms with E-state index in [1.807, 2.05) is 19.1 Å². The topological polar surface area (TPSA) is 63.9 Å². The highest BCUT2D eigenvalue weighted by Gasteiger charge is 2.60. The zero-order valence-corrected chi connectivity index (χ0v) is 13.5. The summed E-state index contributed by atoms with van der Waals surface area (Å²) in [6.07, 6.45) is 0. The van der Waals surface area contributed by atoms with Crippen LogP contribution in [0, 0.1) is 12.3 Å². The number of rotatable bonds is 3. The normalized spacial score (nSPS) is 23.1. The van der Waals surface area contributed by atoms with Crippen molar-refractivity contribution in [2.75, 3.05) is 12.8 Å². The summed E-state index contributed by atoms with van der Waals surface area (Å²) in [5.41, 5.74) is 9.20. The van der Waals surface area contributed by atoms with Gasteiger partial charge in [0, 0.05) is 16.6 Å². The average molecular weight is 306 g/mol. The van der Waals surface area contributed by atoms with Gasteiger partial charge in [0.2, 0.25) is 0 Å². The molecule has 1 aliphatic rings. The highest BCUT2D eigenvalue weighted by atomic mass is 35.5. The standard InChI is InChI=1S/C16H20ClN3O/c1-8-14(20-15(18)19-8)13-12(16(13,2)3)9-5-10(17)7-11(6-9)21-4/h5-7,12-13H,1-4H3,(H3,18,19,20). The molecule has 2 atom stereocenters. The van der Waals surface area contributed by atoms with Crippen molar-refractivity contribution in [3.8, 4) is 5.75 Å². The number of anilines is 1. The molecule has 1 aromatic carbocycles. The third-order valence-electron chi connectivity index (χ3n) is 4.55. The van der Waals surface area contributed by atoms with Crippen LogP contribution in [0.2, 0.25) is 5.02 Å².